The second-order valence-electron chi connectivity index (χ2n) is 7.43. The Morgan fingerprint density at radius 3 is 2.45 bits per heavy atom. The van der Waals surface area contributed by atoms with E-state index in [0.29, 0.717) is 18.3 Å². The Kier molecular flexibility index (Phi) is 8.02. The van der Waals surface area contributed by atoms with Gasteiger partial charge in [0, 0.05) is 28.8 Å². The zero-order valence-corrected chi connectivity index (χ0v) is 19.9. The van der Waals surface area contributed by atoms with E-state index < -0.39 is 10.0 Å². The molecule has 0 saturated heterocycles. The van der Waals surface area contributed by atoms with Crippen molar-refractivity contribution in [2.45, 2.75) is 54.6 Å². The summed E-state index contributed by atoms with van der Waals surface area (Å²) in [5, 5.41) is 3.54. The Morgan fingerprint density at radius 2 is 1.81 bits per heavy atom. The smallest absolute Gasteiger partial charge is 0.255 e. The van der Waals surface area contributed by atoms with Crippen molar-refractivity contribution in [3.05, 3.63) is 48.0 Å². The first-order chi connectivity index (χ1) is 14.9. The van der Waals surface area contributed by atoms with Gasteiger partial charge in [0.2, 0.25) is 10.0 Å². The molecule has 1 N–H and O–H groups in total. The average molecular weight is 463 g/mol. The van der Waals surface area contributed by atoms with Crippen LogP contribution in [0.1, 0.15) is 49.9 Å². The monoisotopic (exact) mass is 462 g/mol. The van der Waals surface area contributed by atoms with Crippen molar-refractivity contribution in [2.75, 3.05) is 25.5 Å². The molecule has 0 heterocycles. The Labute approximate surface area is 189 Å². The minimum Gasteiger partial charge on any atom is -0.495 e. The number of carbonyl (C=O) groups is 1. The van der Waals surface area contributed by atoms with Crippen LogP contribution >= 0.6 is 11.8 Å². The van der Waals surface area contributed by atoms with Gasteiger partial charge in [-0.15, -0.1) is 11.8 Å². The third-order valence-corrected chi connectivity index (χ3v) is 8.97. The number of methoxy groups -OCH3 is 1. The van der Waals surface area contributed by atoms with Crippen molar-refractivity contribution in [1.29, 1.82) is 0 Å². The van der Waals surface area contributed by atoms with Crippen LogP contribution in [0, 0.1) is 0 Å². The third kappa shape index (κ3) is 5.42. The number of para-hydroxylation sites is 1. The number of thioether (sulfide) groups is 1. The maximum atomic E-state index is 13.1. The number of hydrogen-bond donors (Lipinski definition) is 1. The largest absolute Gasteiger partial charge is 0.495 e. The molecule has 2 aromatic carbocycles. The van der Waals surface area contributed by atoms with Crippen molar-refractivity contribution < 1.29 is 17.9 Å². The number of sulfonamides is 1. The van der Waals surface area contributed by atoms with Gasteiger partial charge >= 0.3 is 0 Å². The number of anilines is 1. The maximum Gasteiger partial charge on any atom is 0.255 e. The minimum atomic E-state index is -3.77. The average Bonchev–Trinajstić information content (AvgIpc) is 3.28. The summed E-state index contributed by atoms with van der Waals surface area (Å²) in [6.45, 7) is 4.24. The van der Waals surface area contributed by atoms with E-state index in [2.05, 4.69) is 5.32 Å². The van der Waals surface area contributed by atoms with Gasteiger partial charge in [-0.3, -0.25) is 4.79 Å². The van der Waals surface area contributed by atoms with E-state index in [-0.39, 0.29) is 22.1 Å². The molecule has 2 aromatic rings. The highest BCUT2D eigenvalue weighted by Gasteiger charge is 2.27. The second kappa shape index (κ2) is 10.5. The molecule has 168 valence electrons. The fourth-order valence-corrected chi connectivity index (χ4v) is 6.75. The van der Waals surface area contributed by atoms with Crippen LogP contribution in [0.5, 0.6) is 5.75 Å². The van der Waals surface area contributed by atoms with E-state index in [0.717, 1.165) is 10.6 Å². The van der Waals surface area contributed by atoms with Gasteiger partial charge in [-0.05, 0) is 43.2 Å². The van der Waals surface area contributed by atoms with Crippen molar-refractivity contribution >= 4 is 33.4 Å². The molecule has 1 aliphatic carbocycles. The molecule has 0 spiro atoms. The summed E-state index contributed by atoms with van der Waals surface area (Å²) < 4.78 is 32.8. The normalized spacial score (nSPS) is 14.7. The fourth-order valence-electron chi connectivity index (χ4n) is 3.78. The molecule has 1 saturated carbocycles. The van der Waals surface area contributed by atoms with Crippen LogP contribution in [-0.2, 0) is 10.0 Å². The Balaban J connectivity index is 1.88. The van der Waals surface area contributed by atoms with Gasteiger partial charge in [0.25, 0.3) is 5.91 Å². The van der Waals surface area contributed by atoms with Gasteiger partial charge in [-0.2, -0.15) is 4.31 Å². The molecule has 3 rings (SSSR count). The molecule has 1 amide bonds. The van der Waals surface area contributed by atoms with Crippen molar-refractivity contribution in [1.82, 2.24) is 4.31 Å². The minimum absolute atomic E-state index is 0.0000317. The van der Waals surface area contributed by atoms with Crippen molar-refractivity contribution in [3.8, 4) is 5.75 Å². The predicted octanol–water partition coefficient (Wildman–Crippen LogP) is 5.01. The highest BCUT2D eigenvalue weighted by Crippen LogP contribution is 2.38. The number of hydrogen-bond acceptors (Lipinski definition) is 5. The summed E-state index contributed by atoms with van der Waals surface area (Å²) >= 11 is 1.80. The third-order valence-electron chi connectivity index (χ3n) is 5.48. The summed E-state index contributed by atoms with van der Waals surface area (Å²) in [5.74, 6) is -0.126. The lowest BCUT2D eigenvalue weighted by molar-refractivity contribution is 0.102. The van der Waals surface area contributed by atoms with Gasteiger partial charge in [-0.1, -0.05) is 38.8 Å². The molecule has 0 aromatic heterocycles. The quantitative estimate of drug-likeness (QED) is 0.567. The number of nitrogens with zero attached hydrogens (tertiary/aromatic N) is 1. The number of nitrogens with one attached hydrogen (secondary N) is 1. The van der Waals surface area contributed by atoms with E-state index in [1.54, 1.807) is 31.7 Å². The Hall–Kier alpha value is -2.03. The molecule has 8 heteroatoms. The Morgan fingerprint density at radius 1 is 1.13 bits per heavy atom. The number of ether oxygens (including phenoxy) is 1. The van der Waals surface area contributed by atoms with Crippen LogP contribution < -0.4 is 10.1 Å². The van der Waals surface area contributed by atoms with Crippen LogP contribution in [0.2, 0.25) is 0 Å². The Bertz CT molecular complexity index is 1010. The van der Waals surface area contributed by atoms with Gasteiger partial charge < -0.3 is 10.1 Å². The molecule has 31 heavy (non-hydrogen) atoms. The predicted molar refractivity (Wildman–Crippen MR) is 126 cm³/mol. The number of carbonyl (C=O) groups excluding carboxylic acids is 1. The highest BCUT2D eigenvalue weighted by atomic mass is 32.2. The number of amides is 1. The van der Waals surface area contributed by atoms with Crippen LogP contribution in [0.25, 0.3) is 0 Å². The van der Waals surface area contributed by atoms with Crippen LogP contribution in [0.3, 0.4) is 0 Å². The van der Waals surface area contributed by atoms with E-state index in [1.807, 2.05) is 24.3 Å². The standard InChI is InChI=1S/C23H30N2O4S2/c1-4-25(5-2)31(27,28)22-16-17(14-15-20(22)29-3)23(26)24-19-12-8-9-13-21(19)30-18-10-6-7-11-18/h8-9,12-16,18H,4-7,10-11H2,1-3H3,(H,24,26). The maximum absolute atomic E-state index is 13.1. The highest BCUT2D eigenvalue weighted by molar-refractivity contribution is 8.00. The zero-order chi connectivity index (χ0) is 22.4. The van der Waals surface area contributed by atoms with Gasteiger partial charge in [0.15, 0.2) is 0 Å². The molecular formula is C23H30N2O4S2. The van der Waals surface area contributed by atoms with Gasteiger partial charge in [-0.25, -0.2) is 8.42 Å². The molecule has 0 aliphatic heterocycles. The first-order valence-electron chi connectivity index (χ1n) is 10.7. The molecule has 6 nitrogen and oxygen atoms in total. The van der Waals surface area contributed by atoms with Crippen molar-refractivity contribution in [3.63, 3.8) is 0 Å². The number of rotatable bonds is 9. The fraction of sp³-hybridized carbons (Fsp3) is 0.435. The van der Waals surface area contributed by atoms with Gasteiger partial charge in [0.05, 0.1) is 12.8 Å². The molecule has 0 radical (unpaired) electrons. The summed E-state index contributed by atoms with van der Waals surface area (Å²) in [4.78, 5) is 14.1. The lowest BCUT2D eigenvalue weighted by Gasteiger charge is -2.20. The molecular weight excluding hydrogens is 432 g/mol. The topological polar surface area (TPSA) is 75.7 Å². The molecule has 0 atom stereocenters. The molecule has 0 bridgehead atoms. The van der Waals surface area contributed by atoms with E-state index in [1.165, 1.54) is 49.2 Å². The summed E-state index contributed by atoms with van der Waals surface area (Å²) in [6.07, 6.45) is 4.89. The summed E-state index contributed by atoms with van der Waals surface area (Å²) in [5.41, 5.74) is 1.01. The SMILES string of the molecule is CCN(CC)S(=O)(=O)c1cc(C(=O)Nc2ccccc2SC2CCCC2)ccc1OC. The van der Waals surface area contributed by atoms with Crippen LogP contribution in [0.4, 0.5) is 5.69 Å². The lowest BCUT2D eigenvalue weighted by atomic mass is 10.2. The van der Waals surface area contributed by atoms with Gasteiger partial charge in [0.1, 0.15) is 10.6 Å². The summed E-state index contributed by atoms with van der Waals surface area (Å²) in [6, 6.07) is 12.3. The van der Waals surface area contributed by atoms with E-state index in [9.17, 15) is 13.2 Å². The second-order valence-corrected chi connectivity index (χ2v) is 10.7. The lowest BCUT2D eigenvalue weighted by Crippen LogP contribution is -2.31. The molecule has 1 fully saturated rings. The number of benzene rings is 2. The van der Waals surface area contributed by atoms with Crippen molar-refractivity contribution in [2.24, 2.45) is 0 Å². The summed E-state index contributed by atoms with van der Waals surface area (Å²) in [7, 11) is -2.35. The zero-order valence-electron chi connectivity index (χ0n) is 18.3. The molecule has 0 unspecified atom stereocenters. The van der Waals surface area contributed by atoms with Crippen LogP contribution in [-0.4, -0.2) is 44.1 Å². The van der Waals surface area contributed by atoms with E-state index in [4.69, 9.17) is 4.74 Å². The van der Waals surface area contributed by atoms with Crippen LogP contribution in [0.15, 0.2) is 52.3 Å². The molecule has 1 aliphatic rings. The first kappa shape index (κ1) is 23.6. The van der Waals surface area contributed by atoms with E-state index >= 15 is 0 Å². The first-order valence-corrected chi connectivity index (χ1v) is 13.0.